The first-order valence-corrected chi connectivity index (χ1v) is 14.5. The van der Waals surface area contributed by atoms with Gasteiger partial charge in [0.25, 0.3) is 5.69 Å². The van der Waals surface area contributed by atoms with Gasteiger partial charge in [0.2, 0.25) is 10.0 Å². The van der Waals surface area contributed by atoms with Gasteiger partial charge < -0.3 is 0 Å². The second kappa shape index (κ2) is 11.6. The van der Waals surface area contributed by atoms with E-state index in [0.29, 0.717) is 23.5 Å². The number of unbranched alkanes of at least 4 members (excludes halogenated alkanes) is 1. The number of aromatic nitrogens is 3. The normalized spacial score (nSPS) is 12.0. The minimum atomic E-state index is -3.76. The van der Waals surface area contributed by atoms with Crippen LogP contribution in [0.5, 0.6) is 0 Å². The molecule has 4 rings (SSSR count). The van der Waals surface area contributed by atoms with Crippen LogP contribution in [0.4, 0.5) is 5.69 Å². The molecule has 0 bridgehead atoms. The summed E-state index contributed by atoms with van der Waals surface area (Å²) in [5, 5.41) is 15.8. The van der Waals surface area contributed by atoms with Gasteiger partial charge in [-0.25, -0.2) is 17.9 Å². The number of benzene rings is 3. The molecule has 0 unspecified atom stereocenters. The largest absolute Gasteiger partial charge is 0.351 e. The highest BCUT2D eigenvalue weighted by molar-refractivity contribution is 7.89. The highest BCUT2D eigenvalue weighted by atomic mass is 32.2. The molecule has 10 nitrogen and oxygen atoms in total. The van der Waals surface area contributed by atoms with Crippen LogP contribution in [0, 0.1) is 10.1 Å². The number of nitro groups is 1. The average Bonchev–Trinajstić information content (AvgIpc) is 3.21. The van der Waals surface area contributed by atoms with Gasteiger partial charge in [-0.1, -0.05) is 61.9 Å². The van der Waals surface area contributed by atoms with E-state index in [-0.39, 0.29) is 22.8 Å². The second-order valence-corrected chi connectivity index (χ2v) is 12.3. The lowest BCUT2D eigenvalue weighted by Crippen LogP contribution is -2.40. The van der Waals surface area contributed by atoms with Crippen molar-refractivity contribution in [2.24, 2.45) is 0 Å². The number of hydrogen-bond donors (Lipinski definition) is 1. The van der Waals surface area contributed by atoms with Crippen LogP contribution in [0.25, 0.3) is 16.8 Å². The van der Waals surface area contributed by atoms with Gasteiger partial charge in [0.1, 0.15) is 5.82 Å². The van der Waals surface area contributed by atoms with Crippen LogP contribution in [0.2, 0.25) is 0 Å². The van der Waals surface area contributed by atoms with Crippen LogP contribution in [0.3, 0.4) is 0 Å². The Morgan fingerprint density at radius 3 is 2.35 bits per heavy atom. The molecule has 0 radical (unpaired) electrons. The molecular formula is C29H33N5O5S. The van der Waals surface area contributed by atoms with Gasteiger partial charge in [0, 0.05) is 29.7 Å². The molecule has 1 N–H and O–H groups in total. The Labute approximate surface area is 233 Å². The number of aryl methyl sites for hydroxylation is 1. The number of sulfonamides is 1. The van der Waals surface area contributed by atoms with Gasteiger partial charge in [-0.3, -0.25) is 14.7 Å². The maximum absolute atomic E-state index is 13.4. The molecule has 0 spiro atoms. The van der Waals surface area contributed by atoms with Crippen LogP contribution in [0.1, 0.15) is 51.9 Å². The van der Waals surface area contributed by atoms with Crippen molar-refractivity contribution in [1.29, 1.82) is 0 Å². The first-order valence-electron chi connectivity index (χ1n) is 13.1. The topological polar surface area (TPSA) is 129 Å². The summed E-state index contributed by atoms with van der Waals surface area (Å²) in [6, 6.07) is 20.1. The van der Waals surface area contributed by atoms with Gasteiger partial charge in [-0.15, -0.1) is 5.10 Å². The zero-order valence-electron chi connectivity index (χ0n) is 23.0. The van der Waals surface area contributed by atoms with Crippen molar-refractivity contribution in [3.05, 3.63) is 105 Å². The monoisotopic (exact) mass is 563 g/mol. The Bertz CT molecular complexity index is 1680. The minimum absolute atomic E-state index is 0.121. The average molecular weight is 564 g/mol. The first kappa shape index (κ1) is 28.9. The van der Waals surface area contributed by atoms with Gasteiger partial charge >= 0.3 is 5.69 Å². The highest BCUT2D eigenvalue weighted by Gasteiger charge is 2.25. The van der Waals surface area contributed by atoms with Gasteiger partial charge in [0.05, 0.1) is 22.1 Å². The molecule has 1 heterocycles. The Morgan fingerprint density at radius 1 is 1.00 bits per heavy atom. The summed E-state index contributed by atoms with van der Waals surface area (Å²) in [4.78, 5) is 24.3. The van der Waals surface area contributed by atoms with Gasteiger partial charge in [-0.2, -0.15) is 4.68 Å². The molecule has 210 valence electrons. The quantitative estimate of drug-likeness (QED) is 0.212. The zero-order valence-corrected chi connectivity index (χ0v) is 23.8. The van der Waals surface area contributed by atoms with Crippen molar-refractivity contribution in [3.8, 4) is 16.8 Å². The third-order valence-corrected chi connectivity index (χ3v) is 8.02. The van der Waals surface area contributed by atoms with Crippen molar-refractivity contribution < 1.29 is 13.3 Å². The molecule has 40 heavy (non-hydrogen) atoms. The third kappa shape index (κ3) is 6.54. The van der Waals surface area contributed by atoms with Crippen molar-refractivity contribution in [2.75, 3.05) is 0 Å². The third-order valence-electron chi connectivity index (χ3n) is 6.20. The standard InChI is InChI=1S/C29H33N5O5S/c1-5-6-14-27-30-33(23-10-9-11-24(19-23)34(36)37)28(35)32(27)20-21-15-17-22(18-16-21)25-12-7-8-13-26(25)40(38,39)31-29(2,3)4/h7-13,15-19,31H,5-6,14,20H2,1-4H3. The molecule has 0 fully saturated rings. The van der Waals surface area contributed by atoms with Crippen LogP contribution >= 0.6 is 0 Å². The molecule has 0 saturated carbocycles. The van der Waals surface area contributed by atoms with Crippen LogP contribution in [-0.2, 0) is 23.0 Å². The summed E-state index contributed by atoms with van der Waals surface area (Å²) in [6.45, 7) is 7.67. The highest BCUT2D eigenvalue weighted by Crippen LogP contribution is 2.28. The second-order valence-electron chi connectivity index (χ2n) is 10.6. The number of hydrogen-bond acceptors (Lipinski definition) is 6. The fraction of sp³-hybridized carbons (Fsp3) is 0.310. The predicted octanol–water partition coefficient (Wildman–Crippen LogP) is 5.08. The lowest BCUT2D eigenvalue weighted by molar-refractivity contribution is -0.384. The first-order chi connectivity index (χ1) is 18.9. The van der Waals surface area contributed by atoms with E-state index in [1.54, 1.807) is 55.7 Å². The van der Waals surface area contributed by atoms with E-state index >= 15 is 0 Å². The van der Waals surface area contributed by atoms with E-state index in [1.165, 1.54) is 22.9 Å². The van der Waals surface area contributed by atoms with E-state index in [4.69, 9.17) is 0 Å². The van der Waals surface area contributed by atoms with Crippen molar-refractivity contribution in [2.45, 2.75) is 63.9 Å². The molecule has 1 aromatic heterocycles. The molecular weight excluding hydrogens is 530 g/mol. The maximum atomic E-state index is 13.4. The molecule has 3 aromatic carbocycles. The SMILES string of the molecule is CCCCc1nn(-c2cccc([N+](=O)[O-])c2)c(=O)n1Cc1ccc(-c2ccccc2S(=O)(=O)NC(C)(C)C)cc1. The Kier molecular flexibility index (Phi) is 8.36. The summed E-state index contributed by atoms with van der Waals surface area (Å²) < 4.78 is 31.7. The van der Waals surface area contributed by atoms with E-state index < -0.39 is 20.5 Å². The van der Waals surface area contributed by atoms with Crippen molar-refractivity contribution >= 4 is 15.7 Å². The molecule has 0 atom stereocenters. The minimum Gasteiger partial charge on any atom is -0.274 e. The number of non-ortho nitro benzene ring substituents is 1. The van der Waals surface area contributed by atoms with E-state index in [9.17, 15) is 23.3 Å². The lowest BCUT2D eigenvalue weighted by Gasteiger charge is -2.21. The zero-order chi connectivity index (χ0) is 29.1. The van der Waals surface area contributed by atoms with E-state index in [1.807, 2.05) is 31.2 Å². The number of nitrogens with one attached hydrogen (secondary N) is 1. The summed E-state index contributed by atoms with van der Waals surface area (Å²) >= 11 is 0. The maximum Gasteiger partial charge on any atom is 0.351 e. The summed E-state index contributed by atoms with van der Waals surface area (Å²) in [7, 11) is -3.76. The molecule has 4 aromatic rings. The number of nitrogens with zero attached hydrogens (tertiary/aromatic N) is 4. The van der Waals surface area contributed by atoms with E-state index in [0.717, 1.165) is 24.0 Å². The van der Waals surface area contributed by atoms with E-state index in [2.05, 4.69) is 9.82 Å². The molecule has 0 aliphatic rings. The molecule has 0 aliphatic carbocycles. The van der Waals surface area contributed by atoms with Crippen LogP contribution in [0.15, 0.2) is 82.5 Å². The lowest BCUT2D eigenvalue weighted by atomic mass is 10.0. The molecule has 11 heteroatoms. The number of nitro benzene ring substituents is 1. The Balaban J connectivity index is 1.68. The summed E-state index contributed by atoms with van der Waals surface area (Å²) in [5.74, 6) is 0.590. The Morgan fingerprint density at radius 2 is 1.70 bits per heavy atom. The van der Waals surface area contributed by atoms with Gasteiger partial charge in [-0.05, 0) is 50.5 Å². The summed E-state index contributed by atoms with van der Waals surface area (Å²) in [6.07, 6.45) is 2.33. The molecule has 0 saturated heterocycles. The fourth-order valence-corrected chi connectivity index (χ4v) is 6.04. The van der Waals surface area contributed by atoms with Crippen LogP contribution in [-0.4, -0.2) is 33.2 Å². The summed E-state index contributed by atoms with van der Waals surface area (Å²) in [5.41, 5.74) is 1.32. The predicted molar refractivity (Wildman–Crippen MR) is 154 cm³/mol. The fourth-order valence-electron chi connectivity index (χ4n) is 4.39. The smallest absolute Gasteiger partial charge is 0.274 e. The number of rotatable bonds is 10. The molecule has 0 amide bonds. The van der Waals surface area contributed by atoms with Crippen molar-refractivity contribution in [3.63, 3.8) is 0 Å². The van der Waals surface area contributed by atoms with Crippen LogP contribution < -0.4 is 10.4 Å². The molecule has 0 aliphatic heterocycles. The van der Waals surface area contributed by atoms with Crippen molar-refractivity contribution in [1.82, 2.24) is 19.1 Å². The Hall–Kier alpha value is -4.09. The van der Waals surface area contributed by atoms with Gasteiger partial charge in [0.15, 0.2) is 0 Å².